The molecule has 2 aromatic heterocycles. The molecule has 1 aliphatic rings. The summed E-state index contributed by atoms with van der Waals surface area (Å²) in [6.45, 7) is 1.50. The number of nitrogens with one attached hydrogen (secondary N) is 3. The molecule has 2 heterocycles. The molecule has 1 aromatic carbocycles. The molecular formula is C26H30N6O4. The number of anilines is 2. The zero-order chi connectivity index (χ0) is 25.4. The van der Waals surface area contributed by atoms with Crippen LogP contribution in [0.5, 0.6) is 0 Å². The molecular weight excluding hydrogens is 460 g/mol. The molecule has 0 aliphatic heterocycles. The van der Waals surface area contributed by atoms with Crippen LogP contribution in [0.2, 0.25) is 0 Å². The number of benzene rings is 1. The van der Waals surface area contributed by atoms with Gasteiger partial charge >= 0.3 is 0 Å². The van der Waals surface area contributed by atoms with Crippen LogP contribution < -0.4 is 16.0 Å². The summed E-state index contributed by atoms with van der Waals surface area (Å²) in [5, 5.41) is 12.8. The van der Waals surface area contributed by atoms with E-state index in [1.54, 1.807) is 48.8 Å². The fourth-order valence-electron chi connectivity index (χ4n) is 4.45. The van der Waals surface area contributed by atoms with Crippen molar-refractivity contribution in [2.24, 2.45) is 0 Å². The van der Waals surface area contributed by atoms with Crippen molar-refractivity contribution in [1.29, 1.82) is 0 Å². The molecule has 0 spiro atoms. The summed E-state index contributed by atoms with van der Waals surface area (Å²) >= 11 is 0. The Kier molecular flexibility index (Phi) is 8.04. The van der Waals surface area contributed by atoms with Crippen LogP contribution in [0.4, 0.5) is 11.4 Å². The molecule has 10 heteroatoms. The van der Waals surface area contributed by atoms with E-state index in [0.29, 0.717) is 28.7 Å². The molecule has 0 unspecified atom stereocenters. The average Bonchev–Trinajstić information content (AvgIpc) is 3.23. The van der Waals surface area contributed by atoms with Gasteiger partial charge in [-0.05, 0) is 43.2 Å². The van der Waals surface area contributed by atoms with Crippen molar-refractivity contribution < 1.29 is 18.9 Å². The van der Waals surface area contributed by atoms with E-state index < -0.39 is 5.54 Å². The molecule has 36 heavy (non-hydrogen) atoms. The molecule has 3 amide bonds. The van der Waals surface area contributed by atoms with Gasteiger partial charge in [0.1, 0.15) is 5.54 Å². The standard InChI is InChI=1S/C26H30N6O4/c1-18(33)31-26(13-4-2-3-5-14-26)25-30-23(36-32-25)10-9-22(34)28-21-8-6-7-19(17-21)24(35)29-20-11-15-27-16-12-20/h6-8,11-12,15-17H,2-5,9-10,13-14H2,1H3,(H,28,34)(H,31,33)(H,27,29,35). The lowest BCUT2D eigenvalue weighted by atomic mass is 9.89. The summed E-state index contributed by atoms with van der Waals surface area (Å²) in [6.07, 6.45) is 9.27. The van der Waals surface area contributed by atoms with Gasteiger partial charge in [-0.25, -0.2) is 0 Å². The fraction of sp³-hybridized carbons (Fsp3) is 0.385. The lowest BCUT2D eigenvalue weighted by Crippen LogP contribution is -2.45. The van der Waals surface area contributed by atoms with E-state index in [4.69, 9.17) is 4.52 Å². The van der Waals surface area contributed by atoms with Crippen LogP contribution in [0.1, 0.15) is 73.9 Å². The summed E-state index contributed by atoms with van der Waals surface area (Å²) in [4.78, 5) is 45.4. The van der Waals surface area contributed by atoms with Crippen molar-refractivity contribution in [1.82, 2.24) is 20.4 Å². The number of carbonyl (C=O) groups excluding carboxylic acids is 3. The summed E-state index contributed by atoms with van der Waals surface area (Å²) < 4.78 is 5.42. The summed E-state index contributed by atoms with van der Waals surface area (Å²) in [6, 6.07) is 10.1. The highest BCUT2D eigenvalue weighted by molar-refractivity contribution is 6.05. The van der Waals surface area contributed by atoms with Gasteiger partial charge < -0.3 is 20.5 Å². The second-order valence-corrected chi connectivity index (χ2v) is 9.01. The van der Waals surface area contributed by atoms with E-state index in [0.717, 1.165) is 38.5 Å². The number of rotatable bonds is 8. The van der Waals surface area contributed by atoms with E-state index >= 15 is 0 Å². The minimum atomic E-state index is -0.621. The second-order valence-electron chi connectivity index (χ2n) is 9.01. The highest BCUT2D eigenvalue weighted by atomic mass is 16.5. The number of pyridine rings is 1. The van der Waals surface area contributed by atoms with Crippen LogP contribution in [0, 0.1) is 0 Å². The maximum absolute atomic E-state index is 12.6. The first kappa shape index (κ1) is 25.0. The zero-order valence-corrected chi connectivity index (χ0v) is 20.3. The van der Waals surface area contributed by atoms with Crippen molar-refractivity contribution >= 4 is 29.1 Å². The Morgan fingerprint density at radius 1 is 0.972 bits per heavy atom. The van der Waals surface area contributed by atoms with Gasteiger partial charge in [0, 0.05) is 49.1 Å². The first-order valence-electron chi connectivity index (χ1n) is 12.2. The molecule has 1 aliphatic carbocycles. The number of nitrogens with zero attached hydrogens (tertiary/aromatic N) is 3. The van der Waals surface area contributed by atoms with Gasteiger partial charge in [-0.2, -0.15) is 4.98 Å². The molecule has 1 fully saturated rings. The van der Waals surface area contributed by atoms with Gasteiger partial charge in [0.05, 0.1) is 0 Å². The lowest BCUT2D eigenvalue weighted by molar-refractivity contribution is -0.121. The van der Waals surface area contributed by atoms with Crippen molar-refractivity contribution in [2.45, 2.75) is 63.8 Å². The first-order chi connectivity index (χ1) is 17.4. The van der Waals surface area contributed by atoms with Gasteiger partial charge in [0.25, 0.3) is 5.91 Å². The number of aryl methyl sites for hydroxylation is 1. The van der Waals surface area contributed by atoms with E-state index in [-0.39, 0.29) is 30.6 Å². The SMILES string of the molecule is CC(=O)NC1(c2noc(CCC(=O)Nc3cccc(C(=O)Nc4ccncc4)c3)n2)CCCCCC1. The van der Waals surface area contributed by atoms with Crippen LogP contribution in [0.3, 0.4) is 0 Å². The smallest absolute Gasteiger partial charge is 0.255 e. The molecule has 0 atom stereocenters. The molecule has 0 saturated heterocycles. The Hall–Kier alpha value is -4.08. The van der Waals surface area contributed by atoms with Gasteiger partial charge in [-0.3, -0.25) is 19.4 Å². The largest absolute Gasteiger partial charge is 0.343 e. The molecule has 4 rings (SSSR count). The van der Waals surface area contributed by atoms with Gasteiger partial charge in [0.2, 0.25) is 17.7 Å². The summed E-state index contributed by atoms with van der Waals surface area (Å²) in [5.74, 6) is 0.164. The Morgan fingerprint density at radius 3 is 2.44 bits per heavy atom. The number of amides is 3. The topological polar surface area (TPSA) is 139 Å². The molecule has 0 bridgehead atoms. The monoisotopic (exact) mass is 490 g/mol. The third kappa shape index (κ3) is 6.53. The predicted octanol–water partition coefficient (Wildman–Crippen LogP) is 3.97. The number of aromatic nitrogens is 3. The van der Waals surface area contributed by atoms with E-state index in [1.807, 2.05) is 0 Å². The van der Waals surface area contributed by atoms with E-state index in [2.05, 4.69) is 31.1 Å². The van der Waals surface area contributed by atoms with Gasteiger partial charge in [0.15, 0.2) is 5.82 Å². The van der Waals surface area contributed by atoms with Crippen LogP contribution in [0.25, 0.3) is 0 Å². The Balaban J connectivity index is 1.34. The molecule has 10 nitrogen and oxygen atoms in total. The third-order valence-corrected chi connectivity index (χ3v) is 6.18. The molecule has 3 N–H and O–H groups in total. The average molecular weight is 491 g/mol. The maximum atomic E-state index is 12.6. The maximum Gasteiger partial charge on any atom is 0.255 e. The second kappa shape index (κ2) is 11.6. The first-order valence-corrected chi connectivity index (χ1v) is 12.2. The van der Waals surface area contributed by atoms with Crippen LogP contribution in [0.15, 0.2) is 53.3 Å². The van der Waals surface area contributed by atoms with Crippen molar-refractivity contribution in [3.05, 3.63) is 66.1 Å². The van der Waals surface area contributed by atoms with E-state index in [9.17, 15) is 14.4 Å². The highest BCUT2D eigenvalue weighted by Gasteiger charge is 2.38. The van der Waals surface area contributed by atoms with Gasteiger partial charge in [-0.1, -0.05) is 36.9 Å². The fourth-order valence-corrected chi connectivity index (χ4v) is 4.45. The normalized spacial score (nSPS) is 14.9. The van der Waals surface area contributed by atoms with Crippen LogP contribution >= 0.6 is 0 Å². The summed E-state index contributed by atoms with van der Waals surface area (Å²) in [5.41, 5.74) is 0.936. The zero-order valence-electron chi connectivity index (χ0n) is 20.3. The van der Waals surface area contributed by atoms with Crippen molar-refractivity contribution in [3.63, 3.8) is 0 Å². The number of hydrogen-bond acceptors (Lipinski definition) is 7. The van der Waals surface area contributed by atoms with Crippen LogP contribution in [-0.4, -0.2) is 32.8 Å². The molecule has 1 saturated carbocycles. The molecule has 3 aromatic rings. The third-order valence-electron chi connectivity index (χ3n) is 6.18. The Bertz CT molecular complexity index is 1200. The van der Waals surface area contributed by atoms with Crippen molar-refractivity contribution in [2.75, 3.05) is 10.6 Å². The quantitative estimate of drug-likeness (QED) is 0.406. The Morgan fingerprint density at radius 2 is 1.72 bits per heavy atom. The minimum Gasteiger partial charge on any atom is -0.343 e. The predicted molar refractivity (Wildman–Crippen MR) is 133 cm³/mol. The Labute approximate surface area is 209 Å². The van der Waals surface area contributed by atoms with Crippen molar-refractivity contribution in [3.8, 4) is 0 Å². The number of carbonyl (C=O) groups is 3. The van der Waals surface area contributed by atoms with Gasteiger partial charge in [-0.15, -0.1) is 0 Å². The summed E-state index contributed by atoms with van der Waals surface area (Å²) in [7, 11) is 0. The number of hydrogen-bond donors (Lipinski definition) is 3. The molecule has 0 radical (unpaired) electrons. The molecule has 188 valence electrons. The van der Waals surface area contributed by atoms with E-state index in [1.165, 1.54) is 6.92 Å². The highest BCUT2D eigenvalue weighted by Crippen LogP contribution is 2.34. The minimum absolute atomic E-state index is 0.126. The van der Waals surface area contributed by atoms with Crippen LogP contribution in [-0.2, 0) is 21.5 Å². The lowest BCUT2D eigenvalue weighted by Gasteiger charge is -2.30.